The van der Waals surface area contributed by atoms with Gasteiger partial charge < -0.3 is 10.1 Å². The van der Waals surface area contributed by atoms with Crippen molar-refractivity contribution in [3.05, 3.63) is 58.1 Å². The van der Waals surface area contributed by atoms with Crippen LogP contribution in [-0.2, 0) is 4.79 Å². The number of thiocarbonyl (C=S) groups is 1. The van der Waals surface area contributed by atoms with Crippen molar-refractivity contribution in [3.63, 3.8) is 0 Å². The van der Waals surface area contributed by atoms with E-state index < -0.39 is 0 Å². The van der Waals surface area contributed by atoms with Gasteiger partial charge in [0, 0.05) is 5.69 Å². The molecule has 0 aromatic heterocycles. The molecule has 0 aliphatic rings. The van der Waals surface area contributed by atoms with Crippen LogP contribution < -0.4 is 15.4 Å². The van der Waals surface area contributed by atoms with Crippen LogP contribution in [-0.4, -0.2) is 17.6 Å². The van der Waals surface area contributed by atoms with Crippen molar-refractivity contribution < 1.29 is 9.53 Å². The number of anilines is 1. The van der Waals surface area contributed by atoms with Crippen molar-refractivity contribution in [2.24, 2.45) is 0 Å². The molecule has 144 valence electrons. The number of ether oxygens (including phenoxy) is 1. The van der Waals surface area contributed by atoms with Crippen LogP contribution >= 0.6 is 12.2 Å². The Kier molecular flexibility index (Phi) is 6.97. The Balaban J connectivity index is 1.90. The molecule has 2 rings (SSSR count). The fourth-order valence-electron chi connectivity index (χ4n) is 3.22. The zero-order valence-corrected chi connectivity index (χ0v) is 17.7. The molecular weight excluding hydrogens is 356 g/mol. The Morgan fingerprint density at radius 1 is 1.04 bits per heavy atom. The highest BCUT2D eigenvalue weighted by Gasteiger charge is 2.10. The van der Waals surface area contributed by atoms with Crippen molar-refractivity contribution in [2.45, 2.75) is 47.5 Å². The van der Waals surface area contributed by atoms with Crippen LogP contribution in [0.1, 0.15) is 47.6 Å². The minimum atomic E-state index is -0.291. The van der Waals surface area contributed by atoms with Gasteiger partial charge >= 0.3 is 0 Å². The van der Waals surface area contributed by atoms with Crippen LogP contribution in [0.3, 0.4) is 0 Å². The monoisotopic (exact) mass is 384 g/mol. The molecule has 2 aromatic carbocycles. The highest BCUT2D eigenvalue weighted by Crippen LogP contribution is 2.23. The van der Waals surface area contributed by atoms with Crippen molar-refractivity contribution >= 4 is 28.9 Å². The third kappa shape index (κ3) is 5.79. The molecule has 0 atom stereocenters. The topological polar surface area (TPSA) is 50.4 Å². The molecule has 5 heteroatoms. The number of benzene rings is 2. The first-order chi connectivity index (χ1) is 12.7. The van der Waals surface area contributed by atoms with Gasteiger partial charge in [0.15, 0.2) is 11.7 Å². The summed E-state index contributed by atoms with van der Waals surface area (Å²) in [5, 5.41) is 6.04. The molecule has 0 unspecified atom stereocenters. The van der Waals surface area contributed by atoms with Gasteiger partial charge in [0.2, 0.25) is 0 Å². The molecule has 0 fully saturated rings. The van der Waals surface area contributed by atoms with E-state index in [0.29, 0.717) is 11.7 Å². The second-order valence-electron chi connectivity index (χ2n) is 7.24. The molecule has 0 bridgehead atoms. The highest BCUT2D eigenvalue weighted by molar-refractivity contribution is 7.80. The maximum atomic E-state index is 12.1. The lowest BCUT2D eigenvalue weighted by Gasteiger charge is -2.15. The summed E-state index contributed by atoms with van der Waals surface area (Å²) in [6.45, 7) is 12.3. The van der Waals surface area contributed by atoms with Gasteiger partial charge in [-0.15, -0.1) is 0 Å². The van der Waals surface area contributed by atoms with Gasteiger partial charge in [-0.3, -0.25) is 10.1 Å². The Bertz CT molecular complexity index is 836. The SMILES string of the molecule is Cc1cc(C)c(NC(=S)NC(=O)COc2ccc(C(C)C)c(C)c2)c(C)c1. The summed E-state index contributed by atoms with van der Waals surface area (Å²) >= 11 is 5.26. The first-order valence-corrected chi connectivity index (χ1v) is 9.50. The van der Waals surface area contributed by atoms with E-state index in [9.17, 15) is 4.79 Å². The van der Waals surface area contributed by atoms with Crippen LogP contribution in [0.4, 0.5) is 5.69 Å². The van der Waals surface area contributed by atoms with E-state index in [1.807, 2.05) is 39.0 Å². The average Bonchev–Trinajstić information content (AvgIpc) is 2.56. The normalized spacial score (nSPS) is 10.6. The summed E-state index contributed by atoms with van der Waals surface area (Å²) < 4.78 is 5.60. The fourth-order valence-corrected chi connectivity index (χ4v) is 3.44. The van der Waals surface area contributed by atoms with Crippen LogP contribution in [0.2, 0.25) is 0 Å². The number of nitrogens with one attached hydrogen (secondary N) is 2. The zero-order valence-electron chi connectivity index (χ0n) is 16.9. The van der Waals surface area contributed by atoms with Crippen molar-refractivity contribution in [3.8, 4) is 5.75 Å². The number of hydrogen-bond acceptors (Lipinski definition) is 3. The number of aryl methyl sites for hydroxylation is 4. The minimum Gasteiger partial charge on any atom is -0.484 e. The Morgan fingerprint density at radius 3 is 2.22 bits per heavy atom. The molecule has 27 heavy (non-hydrogen) atoms. The van der Waals surface area contributed by atoms with Crippen molar-refractivity contribution in [2.75, 3.05) is 11.9 Å². The first-order valence-electron chi connectivity index (χ1n) is 9.09. The molecule has 2 N–H and O–H groups in total. The Morgan fingerprint density at radius 2 is 1.67 bits per heavy atom. The summed E-state index contributed by atoms with van der Waals surface area (Å²) in [5.74, 6) is 0.844. The van der Waals surface area contributed by atoms with Crippen LogP contribution in [0.5, 0.6) is 5.75 Å². The molecule has 0 saturated carbocycles. The van der Waals surface area contributed by atoms with Crippen LogP contribution in [0.25, 0.3) is 0 Å². The van der Waals surface area contributed by atoms with Gasteiger partial charge in [0.1, 0.15) is 5.75 Å². The lowest BCUT2D eigenvalue weighted by Crippen LogP contribution is -2.37. The quantitative estimate of drug-likeness (QED) is 0.717. The van der Waals surface area contributed by atoms with Crippen molar-refractivity contribution in [1.29, 1.82) is 0 Å². The summed E-state index contributed by atoms with van der Waals surface area (Å²) in [6, 6.07) is 10.0. The van der Waals surface area contributed by atoms with Crippen LogP contribution in [0, 0.1) is 27.7 Å². The fraction of sp³-hybridized carbons (Fsp3) is 0.364. The molecule has 2 aromatic rings. The summed E-state index contributed by atoms with van der Waals surface area (Å²) in [4.78, 5) is 12.1. The zero-order chi connectivity index (χ0) is 20.1. The lowest BCUT2D eigenvalue weighted by molar-refractivity contribution is -0.121. The second kappa shape index (κ2) is 9.00. The molecule has 4 nitrogen and oxygen atoms in total. The largest absolute Gasteiger partial charge is 0.484 e. The average molecular weight is 385 g/mol. The van der Waals surface area contributed by atoms with E-state index in [1.54, 1.807) is 0 Å². The third-order valence-corrected chi connectivity index (χ3v) is 4.61. The molecule has 0 heterocycles. The second-order valence-corrected chi connectivity index (χ2v) is 7.65. The van der Waals surface area contributed by atoms with E-state index in [1.165, 1.54) is 11.1 Å². The van der Waals surface area contributed by atoms with E-state index >= 15 is 0 Å². The summed E-state index contributed by atoms with van der Waals surface area (Å²) in [6.07, 6.45) is 0. The lowest BCUT2D eigenvalue weighted by atomic mass is 9.98. The molecule has 0 saturated heterocycles. The summed E-state index contributed by atoms with van der Waals surface area (Å²) in [7, 11) is 0. The Labute approximate surface area is 167 Å². The van der Waals surface area contributed by atoms with Gasteiger partial charge in [-0.05, 0) is 80.2 Å². The molecular formula is C22H28N2O2S. The summed E-state index contributed by atoms with van der Waals surface area (Å²) in [5.41, 5.74) is 6.72. The smallest absolute Gasteiger partial charge is 0.264 e. The molecule has 0 spiro atoms. The number of hydrogen-bond donors (Lipinski definition) is 2. The minimum absolute atomic E-state index is 0.0891. The first kappa shape index (κ1) is 20.9. The standard InChI is InChI=1S/C22H28N2O2S/c1-13(2)19-8-7-18(11-15(19)4)26-12-20(25)23-22(27)24-21-16(5)9-14(3)10-17(21)6/h7-11,13H,12H2,1-6H3,(H2,23,24,25,27). The predicted molar refractivity (Wildman–Crippen MR) is 116 cm³/mol. The maximum Gasteiger partial charge on any atom is 0.264 e. The number of carbonyl (C=O) groups excluding carboxylic acids is 1. The van der Waals surface area contributed by atoms with E-state index in [2.05, 4.69) is 43.5 Å². The molecule has 0 radical (unpaired) electrons. The predicted octanol–water partition coefficient (Wildman–Crippen LogP) is 4.94. The highest BCUT2D eigenvalue weighted by atomic mass is 32.1. The van der Waals surface area contributed by atoms with Gasteiger partial charge in [-0.25, -0.2) is 0 Å². The maximum absolute atomic E-state index is 12.1. The van der Waals surface area contributed by atoms with Crippen LogP contribution in [0.15, 0.2) is 30.3 Å². The van der Waals surface area contributed by atoms with Crippen molar-refractivity contribution in [1.82, 2.24) is 5.32 Å². The Hall–Kier alpha value is -2.40. The molecule has 1 amide bonds. The number of rotatable bonds is 5. The van der Waals surface area contributed by atoms with Gasteiger partial charge in [-0.2, -0.15) is 0 Å². The molecule has 0 aliphatic carbocycles. The van der Waals surface area contributed by atoms with E-state index in [4.69, 9.17) is 17.0 Å². The number of amides is 1. The molecule has 0 aliphatic heterocycles. The van der Waals surface area contributed by atoms with E-state index in [0.717, 1.165) is 22.4 Å². The van der Waals surface area contributed by atoms with Gasteiger partial charge in [0.25, 0.3) is 5.91 Å². The number of carbonyl (C=O) groups is 1. The van der Waals surface area contributed by atoms with Gasteiger partial charge in [0.05, 0.1) is 0 Å². The van der Waals surface area contributed by atoms with E-state index in [-0.39, 0.29) is 17.6 Å². The third-order valence-electron chi connectivity index (χ3n) is 4.40. The van der Waals surface area contributed by atoms with Gasteiger partial charge in [-0.1, -0.05) is 37.6 Å².